The number of nitrogens with zero attached hydrogens (tertiary/aromatic N) is 1. The Hall–Kier alpha value is -3.35. The van der Waals surface area contributed by atoms with E-state index in [0.717, 1.165) is 35.1 Å². The first-order valence-corrected chi connectivity index (χ1v) is 15.2. The van der Waals surface area contributed by atoms with E-state index in [0.29, 0.717) is 34.9 Å². The van der Waals surface area contributed by atoms with E-state index in [1.54, 1.807) is 12.1 Å². The number of amides is 2. The van der Waals surface area contributed by atoms with Gasteiger partial charge in [0, 0.05) is 13.0 Å². The van der Waals surface area contributed by atoms with E-state index in [-0.39, 0.29) is 31.5 Å². The maximum atomic E-state index is 13.8. The van der Waals surface area contributed by atoms with Gasteiger partial charge in [-0.25, -0.2) is 4.90 Å². The van der Waals surface area contributed by atoms with Crippen molar-refractivity contribution in [3.8, 4) is 5.75 Å². The summed E-state index contributed by atoms with van der Waals surface area (Å²) < 4.78 is 93.1. The molecule has 0 saturated carbocycles. The van der Waals surface area contributed by atoms with Crippen LogP contribution in [0, 0.1) is 17.8 Å². The molecule has 46 heavy (non-hydrogen) atoms. The maximum Gasteiger partial charge on any atom is 0.416 e. The summed E-state index contributed by atoms with van der Waals surface area (Å²) in [5, 5.41) is 10.1. The van der Waals surface area contributed by atoms with E-state index in [1.807, 2.05) is 13.0 Å². The smallest absolute Gasteiger partial charge is 0.416 e. The van der Waals surface area contributed by atoms with Gasteiger partial charge in [0.05, 0.1) is 53.0 Å². The van der Waals surface area contributed by atoms with Gasteiger partial charge in [-0.05, 0) is 78.8 Å². The van der Waals surface area contributed by atoms with Gasteiger partial charge in [0.2, 0.25) is 11.8 Å². The standard InChI is InChI=1S/C33H32ClF6NO5/c1-3-4-17(9-18-6-7-23(42)14-26(18)34)5-8-27-28-19(15-45-2)10-24-29(25(28)16-46-27)31(44)41(30(24)43)22-12-20(32(35,36)37)11-21(13-22)33(38,39)40/h6-7,9,11-14,24-25,27,29,42H,3-5,8,10,15-16H2,1-2H3/b17-9+/t24-,25+,27-,29-/m1/s1. The van der Waals surface area contributed by atoms with Crippen molar-refractivity contribution < 1.29 is 50.5 Å². The number of alkyl halides is 6. The highest BCUT2D eigenvalue weighted by molar-refractivity contribution is 6.32. The topological polar surface area (TPSA) is 76.1 Å². The Kier molecular flexibility index (Phi) is 9.64. The summed E-state index contributed by atoms with van der Waals surface area (Å²) in [4.78, 5) is 27.9. The summed E-state index contributed by atoms with van der Waals surface area (Å²) in [6.45, 7) is 2.22. The van der Waals surface area contributed by atoms with E-state index in [4.69, 9.17) is 21.1 Å². The number of hydrogen-bond acceptors (Lipinski definition) is 5. The first-order valence-electron chi connectivity index (χ1n) is 14.8. The molecule has 1 N–H and O–H groups in total. The number of aromatic hydroxyl groups is 1. The van der Waals surface area contributed by atoms with E-state index in [2.05, 4.69) is 0 Å². The maximum absolute atomic E-state index is 13.8. The van der Waals surface area contributed by atoms with E-state index >= 15 is 0 Å². The van der Waals surface area contributed by atoms with Gasteiger partial charge in [-0.3, -0.25) is 9.59 Å². The van der Waals surface area contributed by atoms with Crippen molar-refractivity contribution in [2.45, 2.75) is 57.5 Å². The van der Waals surface area contributed by atoms with Crippen LogP contribution in [0.1, 0.15) is 55.7 Å². The lowest BCUT2D eigenvalue weighted by molar-refractivity contribution is -0.143. The summed E-state index contributed by atoms with van der Waals surface area (Å²) in [6, 6.07) is 5.48. The van der Waals surface area contributed by atoms with Crippen LogP contribution in [0.3, 0.4) is 0 Å². The second kappa shape index (κ2) is 13.0. The zero-order chi connectivity index (χ0) is 33.6. The van der Waals surface area contributed by atoms with E-state index in [9.17, 15) is 41.0 Å². The molecule has 3 aliphatic rings. The fraction of sp³-hybridized carbons (Fsp3) is 0.455. The first-order chi connectivity index (χ1) is 21.6. The second-order valence-electron chi connectivity index (χ2n) is 11.8. The van der Waals surface area contributed by atoms with Crippen LogP contribution in [0.15, 0.2) is 53.1 Å². The summed E-state index contributed by atoms with van der Waals surface area (Å²) >= 11 is 6.32. The number of hydrogen-bond donors (Lipinski definition) is 1. The molecule has 0 aromatic heterocycles. The van der Waals surface area contributed by atoms with Crippen LogP contribution in [-0.4, -0.2) is 43.3 Å². The van der Waals surface area contributed by atoms with Crippen molar-refractivity contribution in [1.82, 2.24) is 0 Å². The molecule has 2 fully saturated rings. The Bertz CT molecular complexity index is 1550. The molecule has 0 spiro atoms. The highest BCUT2D eigenvalue weighted by Crippen LogP contribution is 2.51. The number of allylic oxidation sites excluding steroid dienone is 1. The molecule has 2 saturated heterocycles. The van der Waals surface area contributed by atoms with Crippen molar-refractivity contribution in [3.63, 3.8) is 0 Å². The van der Waals surface area contributed by atoms with Crippen LogP contribution in [-0.2, 0) is 31.4 Å². The summed E-state index contributed by atoms with van der Waals surface area (Å²) in [5.74, 6) is -4.22. The summed E-state index contributed by atoms with van der Waals surface area (Å²) in [5.41, 5.74) is -0.633. The number of methoxy groups -OCH3 is 1. The average molecular weight is 672 g/mol. The number of imide groups is 1. The van der Waals surface area contributed by atoms with Crippen LogP contribution >= 0.6 is 11.6 Å². The minimum atomic E-state index is -5.14. The van der Waals surface area contributed by atoms with Crippen LogP contribution in [0.5, 0.6) is 5.75 Å². The van der Waals surface area contributed by atoms with Gasteiger partial charge >= 0.3 is 12.4 Å². The van der Waals surface area contributed by atoms with Gasteiger partial charge in [0.1, 0.15) is 5.75 Å². The number of phenolic OH excluding ortho intramolecular Hbond substituents is 1. The highest BCUT2D eigenvalue weighted by atomic mass is 35.5. The van der Waals surface area contributed by atoms with E-state index in [1.165, 1.54) is 13.2 Å². The molecule has 248 valence electrons. The lowest BCUT2D eigenvalue weighted by Gasteiger charge is -2.31. The van der Waals surface area contributed by atoms with Gasteiger partial charge in [0.25, 0.3) is 0 Å². The average Bonchev–Trinajstić information content (AvgIpc) is 3.50. The number of carbonyl (C=O) groups excluding carboxylic acids is 2. The third kappa shape index (κ3) is 6.70. The van der Waals surface area contributed by atoms with Crippen molar-refractivity contribution in [3.05, 3.63) is 74.8 Å². The molecule has 2 heterocycles. The summed E-state index contributed by atoms with van der Waals surface area (Å²) in [7, 11) is 1.47. The molecule has 2 aromatic rings. The van der Waals surface area contributed by atoms with Gasteiger partial charge < -0.3 is 14.6 Å². The number of benzene rings is 2. The number of phenols is 1. The minimum absolute atomic E-state index is 0.0375. The Labute approximate surface area is 266 Å². The zero-order valence-corrected chi connectivity index (χ0v) is 25.7. The predicted molar refractivity (Wildman–Crippen MR) is 158 cm³/mol. The lowest BCUT2D eigenvalue weighted by Crippen LogP contribution is -2.35. The van der Waals surface area contributed by atoms with Gasteiger partial charge in [-0.2, -0.15) is 26.3 Å². The fourth-order valence-electron chi connectivity index (χ4n) is 6.86. The van der Waals surface area contributed by atoms with Crippen molar-refractivity contribution >= 4 is 35.2 Å². The third-order valence-corrected chi connectivity index (χ3v) is 9.13. The Morgan fingerprint density at radius 2 is 1.70 bits per heavy atom. The first kappa shape index (κ1) is 34.0. The fourth-order valence-corrected chi connectivity index (χ4v) is 7.09. The van der Waals surface area contributed by atoms with Gasteiger partial charge in [-0.1, -0.05) is 36.6 Å². The van der Waals surface area contributed by atoms with E-state index < -0.39 is 64.8 Å². The Morgan fingerprint density at radius 3 is 2.28 bits per heavy atom. The van der Waals surface area contributed by atoms with Crippen LogP contribution in [0.2, 0.25) is 5.02 Å². The van der Waals surface area contributed by atoms with Crippen molar-refractivity contribution in [2.75, 3.05) is 25.2 Å². The lowest BCUT2D eigenvalue weighted by atomic mass is 9.69. The Morgan fingerprint density at radius 1 is 1.02 bits per heavy atom. The molecule has 2 aliphatic heterocycles. The number of ether oxygens (including phenoxy) is 2. The summed E-state index contributed by atoms with van der Waals surface area (Å²) in [6.07, 6.45) is -5.95. The molecule has 6 nitrogen and oxygen atoms in total. The molecule has 0 radical (unpaired) electrons. The minimum Gasteiger partial charge on any atom is -0.508 e. The number of halogens is 7. The molecular formula is C33H32ClF6NO5. The molecule has 4 atom stereocenters. The quantitative estimate of drug-likeness (QED) is 0.165. The second-order valence-corrected chi connectivity index (χ2v) is 12.2. The van der Waals surface area contributed by atoms with Crippen LogP contribution in [0.25, 0.3) is 6.08 Å². The number of fused-ring (bicyclic) bond motifs is 3. The van der Waals surface area contributed by atoms with Crippen LogP contribution < -0.4 is 4.90 Å². The molecule has 2 aromatic carbocycles. The van der Waals surface area contributed by atoms with Crippen molar-refractivity contribution in [1.29, 1.82) is 0 Å². The monoisotopic (exact) mass is 671 g/mol. The number of rotatable bonds is 9. The SMILES string of the molecule is CCC/C(=C\c1ccc(O)cc1Cl)CC[C@H]1OC[C@H]2C1=C(COC)C[C@H]1C(=O)N(c3cc(C(F)(F)F)cc(C(F)(F)F)c3)C(=O)[C@H]12. The van der Waals surface area contributed by atoms with Gasteiger partial charge in [-0.15, -0.1) is 0 Å². The predicted octanol–water partition coefficient (Wildman–Crippen LogP) is 8.21. The number of anilines is 1. The van der Waals surface area contributed by atoms with Gasteiger partial charge in [0.15, 0.2) is 0 Å². The molecule has 13 heteroatoms. The Balaban J connectivity index is 1.44. The molecule has 0 unspecified atom stereocenters. The molecular weight excluding hydrogens is 640 g/mol. The molecule has 2 amide bonds. The van der Waals surface area contributed by atoms with Crippen LogP contribution in [0.4, 0.5) is 32.0 Å². The highest BCUT2D eigenvalue weighted by Gasteiger charge is 2.57. The van der Waals surface area contributed by atoms with Crippen molar-refractivity contribution in [2.24, 2.45) is 17.8 Å². The normalized spacial score (nSPS) is 23.8. The molecule has 0 bridgehead atoms. The molecule has 1 aliphatic carbocycles. The third-order valence-electron chi connectivity index (χ3n) is 8.80. The largest absolute Gasteiger partial charge is 0.508 e. The zero-order valence-electron chi connectivity index (χ0n) is 25.0. The number of carbonyl (C=O) groups is 2. The molecule has 5 rings (SSSR count).